The van der Waals surface area contributed by atoms with Crippen LogP contribution in [0.3, 0.4) is 0 Å². The molecular weight excluding hydrogens is 286 g/mol. The summed E-state index contributed by atoms with van der Waals surface area (Å²) in [7, 11) is 0. The number of amides is 1. The van der Waals surface area contributed by atoms with Gasteiger partial charge in [-0.1, -0.05) is 11.6 Å². The van der Waals surface area contributed by atoms with Crippen molar-refractivity contribution in [2.24, 2.45) is 0 Å². The quantitative estimate of drug-likeness (QED) is 0.805. The molecule has 2 aromatic rings. The van der Waals surface area contributed by atoms with Gasteiger partial charge in [-0.3, -0.25) is 9.20 Å². The number of carbonyl (C=O) groups is 1. The molecule has 0 spiro atoms. The number of carbonyl (C=O) groups excluding carboxylic acids is 1. The van der Waals surface area contributed by atoms with Crippen molar-refractivity contribution in [2.45, 2.75) is 52.1 Å². The van der Waals surface area contributed by atoms with Crippen molar-refractivity contribution in [1.82, 2.24) is 14.3 Å². The third kappa shape index (κ3) is 2.42. The fourth-order valence-electron chi connectivity index (χ4n) is 3.34. The van der Waals surface area contributed by atoms with Crippen LogP contribution in [0.4, 0.5) is 0 Å². The highest BCUT2D eigenvalue weighted by atomic mass is 35.5. The fourth-order valence-corrected chi connectivity index (χ4v) is 3.50. The van der Waals surface area contributed by atoms with Gasteiger partial charge in [-0.2, -0.15) is 0 Å². The molecule has 1 fully saturated rings. The lowest BCUT2D eigenvalue weighted by molar-refractivity contribution is 0.0503. The number of aryl methyl sites for hydroxylation is 1. The Kier molecular flexibility index (Phi) is 3.66. The second-order valence-electron chi connectivity index (χ2n) is 5.96. The van der Waals surface area contributed by atoms with Gasteiger partial charge >= 0.3 is 0 Å². The number of halogens is 1. The first-order chi connectivity index (χ1) is 9.99. The lowest BCUT2D eigenvalue weighted by atomic mass is 9.97. The molecule has 2 unspecified atom stereocenters. The summed E-state index contributed by atoms with van der Waals surface area (Å²) in [4.78, 5) is 19.5. The van der Waals surface area contributed by atoms with Gasteiger partial charge in [-0.05, 0) is 52.2 Å². The summed E-state index contributed by atoms with van der Waals surface area (Å²) in [5.41, 5.74) is 2.15. The second kappa shape index (κ2) is 5.34. The number of likely N-dealkylation sites (tertiary alicyclic amines) is 1. The Morgan fingerprint density at radius 3 is 2.62 bits per heavy atom. The van der Waals surface area contributed by atoms with Crippen LogP contribution in [0.25, 0.3) is 5.65 Å². The lowest BCUT2D eigenvalue weighted by Gasteiger charge is -2.39. The Labute approximate surface area is 129 Å². The second-order valence-corrected chi connectivity index (χ2v) is 6.40. The molecule has 0 bridgehead atoms. The van der Waals surface area contributed by atoms with Crippen LogP contribution >= 0.6 is 11.6 Å². The van der Waals surface area contributed by atoms with Crippen LogP contribution in [-0.2, 0) is 0 Å². The van der Waals surface area contributed by atoms with Gasteiger partial charge in [-0.25, -0.2) is 4.98 Å². The highest BCUT2D eigenvalue weighted by Crippen LogP contribution is 2.26. The topological polar surface area (TPSA) is 37.6 Å². The summed E-state index contributed by atoms with van der Waals surface area (Å²) in [6, 6.07) is 4.18. The van der Waals surface area contributed by atoms with Crippen molar-refractivity contribution >= 4 is 23.2 Å². The maximum absolute atomic E-state index is 13.0. The Bertz CT molecular complexity index is 684. The van der Waals surface area contributed by atoms with E-state index in [0.29, 0.717) is 10.7 Å². The van der Waals surface area contributed by atoms with E-state index in [9.17, 15) is 4.79 Å². The Hall–Kier alpha value is -1.55. The van der Waals surface area contributed by atoms with E-state index in [-0.39, 0.29) is 18.0 Å². The van der Waals surface area contributed by atoms with Crippen LogP contribution in [0.5, 0.6) is 0 Å². The molecule has 3 rings (SSSR count). The highest BCUT2D eigenvalue weighted by molar-refractivity contribution is 6.30. The van der Waals surface area contributed by atoms with Gasteiger partial charge in [0.25, 0.3) is 5.91 Å². The van der Waals surface area contributed by atoms with Crippen molar-refractivity contribution in [1.29, 1.82) is 0 Å². The molecule has 112 valence electrons. The molecule has 2 atom stereocenters. The maximum Gasteiger partial charge on any atom is 0.273 e. The number of piperidine rings is 1. The van der Waals surface area contributed by atoms with E-state index in [1.807, 2.05) is 22.3 Å². The number of fused-ring (bicyclic) bond motifs is 1. The van der Waals surface area contributed by atoms with Crippen LogP contribution in [0.1, 0.15) is 49.3 Å². The SMILES string of the molecule is Cc1nc2ccc(Cl)cn2c1C(=O)N1C(C)CCCC1C. The van der Waals surface area contributed by atoms with Crippen molar-refractivity contribution in [3.63, 3.8) is 0 Å². The first-order valence-corrected chi connectivity index (χ1v) is 7.83. The number of rotatable bonds is 1. The fraction of sp³-hybridized carbons (Fsp3) is 0.500. The monoisotopic (exact) mass is 305 g/mol. The van der Waals surface area contributed by atoms with Crippen LogP contribution in [0.15, 0.2) is 18.3 Å². The largest absolute Gasteiger partial charge is 0.332 e. The lowest BCUT2D eigenvalue weighted by Crippen LogP contribution is -2.48. The molecule has 0 aliphatic carbocycles. The summed E-state index contributed by atoms with van der Waals surface area (Å²) >= 11 is 6.07. The van der Waals surface area contributed by atoms with Gasteiger partial charge in [0.1, 0.15) is 11.3 Å². The Morgan fingerprint density at radius 1 is 1.29 bits per heavy atom. The summed E-state index contributed by atoms with van der Waals surface area (Å²) in [5, 5.41) is 0.605. The zero-order chi connectivity index (χ0) is 15.1. The Morgan fingerprint density at radius 2 is 1.95 bits per heavy atom. The first kappa shape index (κ1) is 14.4. The molecule has 1 aliphatic heterocycles. The van der Waals surface area contributed by atoms with Crippen molar-refractivity contribution < 1.29 is 4.79 Å². The number of imidazole rings is 1. The summed E-state index contributed by atoms with van der Waals surface area (Å²) in [6.07, 6.45) is 5.08. The van der Waals surface area contributed by atoms with E-state index in [1.165, 1.54) is 6.42 Å². The van der Waals surface area contributed by atoms with Gasteiger partial charge in [0.15, 0.2) is 0 Å². The number of pyridine rings is 1. The maximum atomic E-state index is 13.0. The van der Waals surface area contributed by atoms with Crippen molar-refractivity contribution in [3.05, 3.63) is 34.7 Å². The van der Waals surface area contributed by atoms with Gasteiger partial charge in [0.05, 0.1) is 10.7 Å². The molecule has 4 nitrogen and oxygen atoms in total. The minimum absolute atomic E-state index is 0.0574. The molecule has 0 N–H and O–H groups in total. The van der Waals surface area contributed by atoms with Gasteiger partial charge in [0, 0.05) is 18.3 Å². The number of aromatic nitrogens is 2. The molecule has 3 heterocycles. The smallest absolute Gasteiger partial charge is 0.273 e. The molecule has 0 radical (unpaired) electrons. The molecule has 5 heteroatoms. The van der Waals surface area contributed by atoms with Crippen molar-refractivity contribution in [3.8, 4) is 0 Å². The predicted octanol–water partition coefficient (Wildman–Crippen LogP) is 3.70. The standard InChI is InChI=1S/C16H20ClN3O/c1-10-5-4-6-11(2)20(10)16(21)15-12(3)18-14-8-7-13(17)9-19(14)15/h7-11H,4-6H2,1-3H3. The zero-order valence-corrected chi connectivity index (χ0v) is 13.4. The average molecular weight is 306 g/mol. The molecule has 1 saturated heterocycles. The van der Waals surface area contributed by atoms with E-state index < -0.39 is 0 Å². The zero-order valence-electron chi connectivity index (χ0n) is 12.6. The van der Waals surface area contributed by atoms with Crippen LogP contribution in [-0.4, -0.2) is 32.3 Å². The normalized spacial score (nSPS) is 22.8. The first-order valence-electron chi connectivity index (χ1n) is 7.46. The summed E-state index contributed by atoms with van der Waals surface area (Å²) < 4.78 is 1.81. The van der Waals surface area contributed by atoms with E-state index in [0.717, 1.165) is 24.2 Å². The predicted molar refractivity (Wildman–Crippen MR) is 83.9 cm³/mol. The third-order valence-electron chi connectivity index (χ3n) is 4.39. The van der Waals surface area contributed by atoms with Crippen LogP contribution < -0.4 is 0 Å². The minimum atomic E-state index is 0.0574. The molecule has 0 saturated carbocycles. The van der Waals surface area contributed by atoms with E-state index in [2.05, 4.69) is 18.8 Å². The van der Waals surface area contributed by atoms with Gasteiger partial charge in [-0.15, -0.1) is 0 Å². The van der Waals surface area contributed by atoms with E-state index in [4.69, 9.17) is 11.6 Å². The van der Waals surface area contributed by atoms with Crippen molar-refractivity contribution in [2.75, 3.05) is 0 Å². The number of hydrogen-bond acceptors (Lipinski definition) is 2. The Balaban J connectivity index is 2.08. The average Bonchev–Trinajstić information content (AvgIpc) is 2.73. The molecule has 0 aromatic carbocycles. The molecule has 1 aliphatic rings. The summed E-state index contributed by atoms with van der Waals surface area (Å²) in [5.74, 6) is 0.0574. The summed E-state index contributed by atoms with van der Waals surface area (Å²) in [6.45, 7) is 6.13. The number of nitrogens with zero attached hydrogens (tertiary/aromatic N) is 3. The highest BCUT2D eigenvalue weighted by Gasteiger charge is 2.32. The van der Waals surface area contributed by atoms with E-state index in [1.54, 1.807) is 12.3 Å². The molecule has 21 heavy (non-hydrogen) atoms. The third-order valence-corrected chi connectivity index (χ3v) is 4.61. The van der Waals surface area contributed by atoms with Gasteiger partial charge < -0.3 is 4.90 Å². The van der Waals surface area contributed by atoms with Gasteiger partial charge in [0.2, 0.25) is 0 Å². The van der Waals surface area contributed by atoms with E-state index >= 15 is 0 Å². The van der Waals surface area contributed by atoms with Crippen LogP contribution in [0.2, 0.25) is 5.02 Å². The molecule has 1 amide bonds. The number of hydrogen-bond donors (Lipinski definition) is 0. The molecule has 2 aromatic heterocycles. The van der Waals surface area contributed by atoms with Crippen LogP contribution in [0, 0.1) is 6.92 Å². The molecular formula is C16H20ClN3O. The minimum Gasteiger partial charge on any atom is -0.332 e.